The van der Waals surface area contributed by atoms with Gasteiger partial charge in [-0.1, -0.05) is 24.3 Å². The Morgan fingerprint density at radius 1 is 1.19 bits per heavy atom. The maximum atomic E-state index is 14.8. The quantitative estimate of drug-likeness (QED) is 0.380. The normalized spacial score (nSPS) is 20.8. The molecular formula is C28H30F3N3O3. The first-order valence-corrected chi connectivity index (χ1v) is 12.5. The fourth-order valence-corrected chi connectivity index (χ4v) is 5.10. The van der Waals surface area contributed by atoms with Crippen LogP contribution in [0.3, 0.4) is 0 Å². The lowest BCUT2D eigenvalue weighted by atomic mass is 9.91. The number of carbonyl (C=O) groups excluding carboxylic acids is 1. The topological polar surface area (TPSA) is 63.7 Å². The van der Waals surface area contributed by atoms with E-state index >= 15 is 0 Å². The van der Waals surface area contributed by atoms with E-state index in [0.29, 0.717) is 30.7 Å². The molecule has 0 unspecified atom stereocenters. The summed E-state index contributed by atoms with van der Waals surface area (Å²) in [7, 11) is 1.63. The van der Waals surface area contributed by atoms with E-state index in [0.717, 1.165) is 36.3 Å². The van der Waals surface area contributed by atoms with Crippen LogP contribution in [-0.2, 0) is 15.1 Å². The summed E-state index contributed by atoms with van der Waals surface area (Å²) < 4.78 is 52.8. The highest BCUT2D eigenvalue weighted by Gasteiger charge is 2.43. The Bertz CT molecular complexity index is 1300. The van der Waals surface area contributed by atoms with Crippen molar-refractivity contribution in [3.63, 3.8) is 0 Å². The summed E-state index contributed by atoms with van der Waals surface area (Å²) in [4.78, 5) is 18.8. The van der Waals surface area contributed by atoms with Gasteiger partial charge in [-0.05, 0) is 49.9 Å². The number of ether oxygens (including phenoxy) is 2. The van der Waals surface area contributed by atoms with Crippen molar-refractivity contribution in [1.29, 1.82) is 0 Å². The van der Waals surface area contributed by atoms with Crippen molar-refractivity contribution in [1.82, 2.24) is 9.88 Å². The van der Waals surface area contributed by atoms with E-state index < -0.39 is 29.4 Å². The van der Waals surface area contributed by atoms with Gasteiger partial charge in [-0.15, -0.1) is 0 Å². The predicted molar refractivity (Wildman–Crippen MR) is 134 cm³/mol. The van der Waals surface area contributed by atoms with Crippen LogP contribution in [0.2, 0.25) is 0 Å². The number of aromatic nitrogens is 1. The van der Waals surface area contributed by atoms with E-state index in [-0.39, 0.29) is 17.8 Å². The Morgan fingerprint density at radius 2 is 1.97 bits per heavy atom. The first-order chi connectivity index (χ1) is 17.8. The third-order valence-electron chi connectivity index (χ3n) is 7.60. The molecule has 2 atom stereocenters. The van der Waals surface area contributed by atoms with Gasteiger partial charge in [0.15, 0.2) is 0 Å². The number of rotatable bonds is 7. The number of methoxy groups -OCH3 is 1. The Morgan fingerprint density at radius 3 is 2.68 bits per heavy atom. The lowest BCUT2D eigenvalue weighted by molar-refractivity contribution is -0.0120. The van der Waals surface area contributed by atoms with Crippen LogP contribution in [0, 0.1) is 5.82 Å². The summed E-state index contributed by atoms with van der Waals surface area (Å²) in [6.07, 6.45) is 1.98. The smallest absolute Gasteiger partial charge is 0.410 e. The summed E-state index contributed by atoms with van der Waals surface area (Å²) in [5.41, 5.74) is 1.12. The molecule has 1 amide bonds. The number of nitrogens with zero attached hydrogens (tertiary/aromatic N) is 2. The molecule has 2 aliphatic rings. The van der Waals surface area contributed by atoms with Crippen LogP contribution in [0.1, 0.15) is 61.8 Å². The lowest BCUT2D eigenvalue weighted by Gasteiger charge is -2.30. The van der Waals surface area contributed by atoms with Gasteiger partial charge in [-0.2, -0.15) is 0 Å². The van der Waals surface area contributed by atoms with Crippen LogP contribution in [0.15, 0.2) is 48.7 Å². The van der Waals surface area contributed by atoms with Crippen LogP contribution in [0.25, 0.3) is 10.9 Å². The molecule has 37 heavy (non-hydrogen) atoms. The van der Waals surface area contributed by atoms with E-state index in [4.69, 9.17) is 9.47 Å². The summed E-state index contributed by atoms with van der Waals surface area (Å²) in [6.45, 7) is 2.61. The molecule has 1 aromatic heterocycles. The van der Waals surface area contributed by atoms with E-state index in [2.05, 4.69) is 10.3 Å². The van der Waals surface area contributed by atoms with Gasteiger partial charge in [0.05, 0.1) is 23.7 Å². The molecule has 1 aliphatic heterocycles. The van der Waals surface area contributed by atoms with Gasteiger partial charge in [0.25, 0.3) is 6.43 Å². The molecule has 1 N–H and O–H groups in total. The summed E-state index contributed by atoms with van der Waals surface area (Å²) >= 11 is 0. The fourth-order valence-electron chi connectivity index (χ4n) is 5.10. The zero-order chi connectivity index (χ0) is 26.2. The number of carbonyl (C=O) groups is 1. The maximum Gasteiger partial charge on any atom is 0.410 e. The van der Waals surface area contributed by atoms with Gasteiger partial charge in [0.1, 0.15) is 17.5 Å². The minimum atomic E-state index is -2.89. The molecule has 5 rings (SSSR count). The number of nitrogens with one attached hydrogen (secondary N) is 1. The summed E-state index contributed by atoms with van der Waals surface area (Å²) in [5, 5.41) is 4.05. The molecule has 0 radical (unpaired) electrons. The third-order valence-corrected chi connectivity index (χ3v) is 7.60. The number of halogens is 3. The van der Waals surface area contributed by atoms with Crippen LogP contribution in [-0.4, -0.2) is 42.3 Å². The highest BCUT2D eigenvalue weighted by atomic mass is 19.3. The second kappa shape index (κ2) is 10.2. The van der Waals surface area contributed by atoms with Gasteiger partial charge in [0, 0.05) is 42.9 Å². The zero-order valence-electron chi connectivity index (χ0n) is 20.8. The van der Waals surface area contributed by atoms with Gasteiger partial charge in [-0.3, -0.25) is 4.98 Å². The van der Waals surface area contributed by atoms with E-state index in [1.807, 2.05) is 18.2 Å². The van der Waals surface area contributed by atoms with Crippen molar-refractivity contribution in [2.24, 2.45) is 0 Å². The highest BCUT2D eigenvalue weighted by Crippen LogP contribution is 2.39. The number of amides is 1. The van der Waals surface area contributed by atoms with Gasteiger partial charge >= 0.3 is 6.09 Å². The van der Waals surface area contributed by atoms with Crippen LogP contribution >= 0.6 is 0 Å². The molecule has 1 saturated heterocycles. The number of alkyl halides is 2. The minimum Gasteiger partial charge on any atom is -0.446 e. The molecule has 0 bridgehead atoms. The Labute approximate surface area is 213 Å². The van der Waals surface area contributed by atoms with Crippen LogP contribution in [0.4, 0.5) is 23.7 Å². The van der Waals surface area contributed by atoms with Crippen molar-refractivity contribution < 1.29 is 27.4 Å². The zero-order valence-corrected chi connectivity index (χ0v) is 20.8. The van der Waals surface area contributed by atoms with Crippen molar-refractivity contribution in [2.75, 3.05) is 25.5 Å². The number of fused-ring (bicyclic) bond motifs is 1. The molecule has 6 nitrogen and oxygen atoms in total. The van der Waals surface area contributed by atoms with Gasteiger partial charge < -0.3 is 19.7 Å². The largest absolute Gasteiger partial charge is 0.446 e. The second-order valence-corrected chi connectivity index (χ2v) is 9.81. The van der Waals surface area contributed by atoms with E-state index in [1.165, 1.54) is 12.1 Å². The lowest BCUT2D eigenvalue weighted by Crippen LogP contribution is -2.38. The summed E-state index contributed by atoms with van der Waals surface area (Å²) in [5.74, 6) is -0.908. The van der Waals surface area contributed by atoms with Crippen molar-refractivity contribution in [3.8, 4) is 0 Å². The molecule has 9 heteroatoms. The predicted octanol–water partition coefficient (Wildman–Crippen LogP) is 6.72. The maximum absolute atomic E-state index is 14.8. The SMILES string of the molecule is CO[C@@]1(c2ccc3nccc(N[C@H](C)c4cccc(C(F)F)c4F)c3c2)CCN(C(=O)OC2CCC2)C1. The van der Waals surface area contributed by atoms with Crippen molar-refractivity contribution in [2.45, 2.75) is 56.8 Å². The van der Waals surface area contributed by atoms with Crippen molar-refractivity contribution in [3.05, 3.63) is 71.2 Å². The molecule has 1 saturated carbocycles. The number of likely N-dealkylation sites (tertiary alicyclic amines) is 1. The van der Waals surface area contributed by atoms with E-state index in [1.54, 1.807) is 31.2 Å². The minimum absolute atomic E-state index is 0.0126. The number of hydrogen-bond donors (Lipinski definition) is 1. The molecule has 2 aromatic carbocycles. The molecule has 2 heterocycles. The summed E-state index contributed by atoms with van der Waals surface area (Å²) in [6, 6.07) is 11.0. The Kier molecular flexibility index (Phi) is 6.98. The molecule has 3 aromatic rings. The number of hydrogen-bond acceptors (Lipinski definition) is 5. The van der Waals surface area contributed by atoms with Gasteiger partial charge in [-0.25, -0.2) is 18.0 Å². The average molecular weight is 514 g/mol. The number of pyridine rings is 1. The standard InChI is InChI=1S/C28H30F3N3O3/c1-17(20-7-4-8-21(25(20)29)26(30)31)33-24-11-13-32-23-10-9-18(15-22(23)24)28(36-2)12-14-34(16-28)27(35)37-19-5-3-6-19/h4,7-11,13,15,17,19,26H,3,5-6,12,14,16H2,1-2H3,(H,32,33)/t17-,28+/m1/s1. The Hall–Kier alpha value is -3.33. The highest BCUT2D eigenvalue weighted by molar-refractivity contribution is 5.92. The Balaban J connectivity index is 1.41. The van der Waals surface area contributed by atoms with Gasteiger partial charge in [0.2, 0.25) is 0 Å². The monoisotopic (exact) mass is 513 g/mol. The fraction of sp³-hybridized carbons (Fsp3) is 0.429. The number of benzene rings is 2. The molecule has 2 fully saturated rings. The molecular weight excluding hydrogens is 483 g/mol. The van der Waals surface area contributed by atoms with E-state index in [9.17, 15) is 18.0 Å². The van der Waals surface area contributed by atoms with Crippen LogP contribution in [0.5, 0.6) is 0 Å². The first-order valence-electron chi connectivity index (χ1n) is 12.5. The van der Waals surface area contributed by atoms with Crippen molar-refractivity contribution >= 4 is 22.7 Å². The molecule has 196 valence electrons. The van der Waals surface area contributed by atoms with Crippen LogP contribution < -0.4 is 5.32 Å². The number of anilines is 1. The molecule has 0 spiro atoms. The third kappa shape index (κ3) is 4.84. The second-order valence-electron chi connectivity index (χ2n) is 9.81. The first kappa shape index (κ1) is 25.3. The molecule has 1 aliphatic carbocycles. The average Bonchev–Trinajstić information content (AvgIpc) is 3.32.